The number of hydrogen-bond donors (Lipinski definition) is 4. The van der Waals surface area contributed by atoms with Gasteiger partial charge in [-0.3, -0.25) is 9.59 Å². The van der Waals surface area contributed by atoms with E-state index in [0.717, 1.165) is 5.56 Å². The van der Waals surface area contributed by atoms with Crippen LogP contribution < -0.4 is 16.4 Å². The number of H-pyrrole nitrogens is 1. The van der Waals surface area contributed by atoms with Crippen LogP contribution in [0.2, 0.25) is 5.02 Å². The zero-order valence-corrected chi connectivity index (χ0v) is 20.9. The molecular weight excluding hydrogens is 506 g/mol. The molecule has 1 unspecified atom stereocenters. The number of amides is 2. The van der Waals surface area contributed by atoms with Crippen LogP contribution in [0.1, 0.15) is 36.7 Å². The third-order valence-corrected chi connectivity index (χ3v) is 6.16. The summed E-state index contributed by atoms with van der Waals surface area (Å²) >= 11 is 6.18. The van der Waals surface area contributed by atoms with E-state index in [4.69, 9.17) is 17.3 Å². The number of tetrazole rings is 1. The molecule has 2 amide bonds. The zero-order valence-electron chi connectivity index (χ0n) is 20.1. The maximum Gasteiger partial charge on any atom is 0.244 e. The van der Waals surface area contributed by atoms with Gasteiger partial charge in [-0.1, -0.05) is 23.8 Å². The summed E-state index contributed by atoms with van der Waals surface area (Å²) in [5.41, 5.74) is 9.87. The van der Waals surface area contributed by atoms with Gasteiger partial charge in [0.25, 0.3) is 0 Å². The smallest absolute Gasteiger partial charge is 0.244 e. The Bertz CT molecular complexity index is 1530. The Kier molecular flexibility index (Phi) is 7.27. The largest absolute Gasteiger partial charge is 0.399 e. The van der Waals surface area contributed by atoms with Gasteiger partial charge in [0.1, 0.15) is 12.2 Å². The summed E-state index contributed by atoms with van der Waals surface area (Å²) in [6.45, 7) is 0. The lowest BCUT2D eigenvalue weighted by Crippen LogP contribution is -2.27. The van der Waals surface area contributed by atoms with E-state index in [1.807, 2.05) is 18.2 Å². The topological polar surface area (TPSA) is 156 Å². The Hall–Kier alpha value is -4.77. The number of aromatic nitrogens is 6. The number of nitrogens with two attached hydrogens (primary N) is 1. The Balaban J connectivity index is 1.40. The van der Waals surface area contributed by atoms with Gasteiger partial charge in [-0.05, 0) is 65.7 Å². The highest BCUT2D eigenvalue weighted by Crippen LogP contribution is 2.30. The number of allylic oxidation sites excluding steroid dienone is 1. The van der Waals surface area contributed by atoms with Crippen LogP contribution in [0, 0.1) is 0 Å². The van der Waals surface area contributed by atoms with Crippen molar-refractivity contribution in [3.8, 4) is 16.9 Å². The van der Waals surface area contributed by atoms with E-state index >= 15 is 0 Å². The first-order valence-corrected chi connectivity index (χ1v) is 12.3. The molecule has 2 bridgehead atoms. The summed E-state index contributed by atoms with van der Waals surface area (Å²) in [5.74, 6) is 0.146. The number of imidazole rings is 1. The fraction of sp³-hybridized carbons (Fsp3) is 0.154. The number of halogens is 1. The van der Waals surface area contributed by atoms with Gasteiger partial charge in [-0.15, -0.1) is 5.10 Å². The minimum atomic E-state index is -0.433. The van der Waals surface area contributed by atoms with Crippen LogP contribution >= 0.6 is 11.6 Å². The average Bonchev–Trinajstić information content (AvgIpc) is 3.59. The summed E-state index contributed by atoms with van der Waals surface area (Å²) in [6, 6.07) is 10.1. The van der Waals surface area contributed by atoms with E-state index in [9.17, 15) is 9.59 Å². The Morgan fingerprint density at radius 2 is 2.11 bits per heavy atom. The standard InChI is InChI=1S/C26H24ClN9O2/c27-17-7-10-23(36-15-30-34-35-36)16(12-17)6-11-25(38)31-20-4-2-1-3-5-24(37)32-21-13-18(28)8-9-19(21)22-14-29-26(20)33-22/h1-2,6-15,20H,3-5,28H2,(H,29,33)(H,31,38)(H,32,37). The van der Waals surface area contributed by atoms with Crippen LogP contribution in [0.3, 0.4) is 0 Å². The number of nitrogens with zero attached hydrogens (tertiary/aromatic N) is 5. The number of nitrogens with one attached hydrogen (secondary N) is 3. The lowest BCUT2D eigenvalue weighted by molar-refractivity contribution is -0.117. The predicted octanol–water partition coefficient (Wildman–Crippen LogP) is 3.84. The molecule has 0 fully saturated rings. The maximum absolute atomic E-state index is 13.0. The highest BCUT2D eigenvalue weighted by atomic mass is 35.5. The van der Waals surface area contributed by atoms with Crippen molar-refractivity contribution in [1.82, 2.24) is 35.5 Å². The van der Waals surface area contributed by atoms with E-state index in [0.29, 0.717) is 58.4 Å². The van der Waals surface area contributed by atoms with Crippen molar-refractivity contribution in [1.29, 1.82) is 0 Å². The van der Waals surface area contributed by atoms with Gasteiger partial charge in [0, 0.05) is 34.3 Å². The van der Waals surface area contributed by atoms with Crippen LogP contribution in [-0.2, 0) is 9.59 Å². The zero-order chi connectivity index (χ0) is 26.5. The molecule has 4 aromatic rings. The number of benzene rings is 2. The van der Waals surface area contributed by atoms with Crippen molar-refractivity contribution in [2.24, 2.45) is 0 Å². The first-order chi connectivity index (χ1) is 18.5. The van der Waals surface area contributed by atoms with Gasteiger partial charge in [0.05, 0.1) is 29.3 Å². The normalized spacial score (nSPS) is 15.7. The Labute approximate surface area is 222 Å². The van der Waals surface area contributed by atoms with Crippen molar-refractivity contribution < 1.29 is 9.59 Å². The van der Waals surface area contributed by atoms with Crippen LogP contribution in [0.4, 0.5) is 11.4 Å². The highest BCUT2D eigenvalue weighted by Gasteiger charge is 2.19. The second-order valence-corrected chi connectivity index (χ2v) is 9.07. The molecule has 5 rings (SSSR count). The fourth-order valence-electron chi connectivity index (χ4n) is 4.09. The second kappa shape index (κ2) is 11.1. The number of carbonyl (C=O) groups excluding carboxylic acids is 2. The van der Waals surface area contributed by atoms with E-state index < -0.39 is 6.04 Å². The third-order valence-electron chi connectivity index (χ3n) is 5.93. The lowest BCUT2D eigenvalue weighted by Gasteiger charge is -2.14. The van der Waals surface area contributed by atoms with Crippen LogP contribution in [-0.4, -0.2) is 42.0 Å². The minimum Gasteiger partial charge on any atom is -0.399 e. The molecule has 3 heterocycles. The summed E-state index contributed by atoms with van der Waals surface area (Å²) in [4.78, 5) is 33.2. The van der Waals surface area contributed by atoms with Crippen molar-refractivity contribution >= 4 is 40.9 Å². The van der Waals surface area contributed by atoms with E-state index in [1.54, 1.807) is 42.6 Å². The summed E-state index contributed by atoms with van der Waals surface area (Å²) in [5, 5.41) is 17.7. The van der Waals surface area contributed by atoms with Gasteiger partial charge in [0.2, 0.25) is 11.8 Å². The number of aromatic amines is 1. The molecular formula is C26H24ClN9O2. The molecule has 1 aliphatic heterocycles. The SMILES string of the molecule is Nc1ccc2c(c1)NC(=O)CCC=CCC(NC(=O)C=Cc1cc(Cl)ccc1-n1cnnn1)c1ncc-2[nH]1. The maximum atomic E-state index is 13.0. The quantitative estimate of drug-likeness (QED) is 0.178. The Morgan fingerprint density at radius 1 is 1.21 bits per heavy atom. The van der Waals surface area contributed by atoms with Crippen molar-refractivity contribution in [2.75, 3.05) is 11.1 Å². The molecule has 2 aromatic carbocycles. The van der Waals surface area contributed by atoms with Crippen LogP contribution in [0.5, 0.6) is 0 Å². The summed E-state index contributed by atoms with van der Waals surface area (Å²) < 4.78 is 1.49. The number of rotatable bonds is 4. The van der Waals surface area contributed by atoms with Crippen molar-refractivity contribution in [3.63, 3.8) is 0 Å². The molecule has 0 spiro atoms. The van der Waals surface area contributed by atoms with E-state index in [2.05, 4.69) is 36.1 Å². The van der Waals surface area contributed by atoms with Crippen LogP contribution in [0.25, 0.3) is 23.0 Å². The summed E-state index contributed by atoms with van der Waals surface area (Å²) in [7, 11) is 0. The summed E-state index contributed by atoms with van der Waals surface area (Å²) in [6.07, 6.45) is 11.4. The molecule has 1 aliphatic rings. The number of fused-ring (bicyclic) bond motifs is 4. The molecule has 38 heavy (non-hydrogen) atoms. The van der Waals surface area contributed by atoms with E-state index in [1.165, 1.54) is 17.1 Å². The molecule has 12 heteroatoms. The number of carbonyl (C=O) groups is 2. The number of anilines is 2. The minimum absolute atomic E-state index is 0.113. The Morgan fingerprint density at radius 3 is 2.95 bits per heavy atom. The van der Waals surface area contributed by atoms with Gasteiger partial charge >= 0.3 is 0 Å². The molecule has 0 saturated carbocycles. The molecule has 192 valence electrons. The molecule has 2 aromatic heterocycles. The van der Waals surface area contributed by atoms with Gasteiger partial charge < -0.3 is 21.4 Å². The second-order valence-electron chi connectivity index (χ2n) is 8.63. The average molecular weight is 530 g/mol. The number of nitrogen functional groups attached to an aromatic ring is 1. The predicted molar refractivity (Wildman–Crippen MR) is 144 cm³/mol. The number of hydrogen-bond acceptors (Lipinski definition) is 7. The van der Waals surface area contributed by atoms with Crippen molar-refractivity contribution in [3.05, 3.63) is 83.6 Å². The molecule has 0 aliphatic carbocycles. The first kappa shape index (κ1) is 24.9. The monoisotopic (exact) mass is 529 g/mol. The fourth-order valence-corrected chi connectivity index (χ4v) is 4.27. The molecule has 0 radical (unpaired) electrons. The molecule has 1 atom stereocenters. The highest BCUT2D eigenvalue weighted by molar-refractivity contribution is 6.30. The third kappa shape index (κ3) is 5.79. The van der Waals surface area contributed by atoms with Crippen LogP contribution in [0.15, 0.2) is 67.2 Å². The first-order valence-electron chi connectivity index (χ1n) is 11.9. The molecule has 0 saturated heterocycles. The van der Waals surface area contributed by atoms with E-state index in [-0.39, 0.29) is 11.8 Å². The van der Waals surface area contributed by atoms with Gasteiger partial charge in [-0.2, -0.15) is 4.68 Å². The lowest BCUT2D eigenvalue weighted by atomic mass is 10.1. The molecule has 11 nitrogen and oxygen atoms in total. The van der Waals surface area contributed by atoms with Gasteiger partial charge in [-0.25, -0.2) is 4.98 Å². The van der Waals surface area contributed by atoms with Crippen molar-refractivity contribution in [2.45, 2.75) is 25.3 Å². The van der Waals surface area contributed by atoms with Gasteiger partial charge in [0.15, 0.2) is 0 Å². The molecule has 5 N–H and O–H groups in total.